The van der Waals surface area contributed by atoms with E-state index in [9.17, 15) is 0 Å². The van der Waals surface area contributed by atoms with Gasteiger partial charge in [-0.05, 0) is 32.9 Å². The molecule has 0 spiro atoms. The van der Waals surface area contributed by atoms with Crippen molar-refractivity contribution in [2.24, 2.45) is 0 Å². The summed E-state index contributed by atoms with van der Waals surface area (Å²) in [6.45, 7) is 4.18. The van der Waals surface area contributed by atoms with Crippen LogP contribution < -0.4 is 16.0 Å². The summed E-state index contributed by atoms with van der Waals surface area (Å²) in [5, 5.41) is 12.3. The van der Waals surface area contributed by atoms with E-state index >= 15 is 0 Å². The SMILES string of the molecule is CNC1(C)CCN(c2ncc(Sc3ccnc(N)c3Cl)c3cn[nH]c23)CC1. The molecule has 9 heteroatoms. The van der Waals surface area contributed by atoms with Crippen LogP contribution in [0.2, 0.25) is 5.02 Å². The Balaban J connectivity index is 1.64. The van der Waals surface area contributed by atoms with E-state index in [1.807, 2.05) is 25.5 Å². The lowest BCUT2D eigenvalue weighted by atomic mass is 9.90. The zero-order chi connectivity index (χ0) is 19.0. The van der Waals surface area contributed by atoms with Gasteiger partial charge in [0.05, 0.1) is 11.2 Å². The number of pyridine rings is 2. The van der Waals surface area contributed by atoms with Crippen LogP contribution in [-0.4, -0.2) is 45.8 Å². The molecule has 0 atom stereocenters. The zero-order valence-corrected chi connectivity index (χ0v) is 16.9. The molecule has 0 bridgehead atoms. The predicted molar refractivity (Wildman–Crippen MR) is 111 cm³/mol. The van der Waals surface area contributed by atoms with Crippen LogP contribution in [0.25, 0.3) is 10.9 Å². The van der Waals surface area contributed by atoms with E-state index in [2.05, 4.69) is 32.3 Å². The highest BCUT2D eigenvalue weighted by atomic mass is 35.5. The molecule has 142 valence electrons. The minimum Gasteiger partial charge on any atom is -0.382 e. The summed E-state index contributed by atoms with van der Waals surface area (Å²) < 4.78 is 0. The Morgan fingerprint density at radius 1 is 1.26 bits per heavy atom. The third-order valence-electron chi connectivity index (χ3n) is 5.30. The molecule has 0 saturated carbocycles. The number of anilines is 2. The van der Waals surface area contributed by atoms with Crippen molar-refractivity contribution in [2.45, 2.75) is 35.1 Å². The summed E-state index contributed by atoms with van der Waals surface area (Å²) >= 11 is 7.81. The predicted octanol–water partition coefficient (Wildman–Crippen LogP) is 3.32. The second-order valence-electron chi connectivity index (χ2n) is 7.01. The number of aromatic amines is 1. The van der Waals surface area contributed by atoms with Gasteiger partial charge >= 0.3 is 0 Å². The van der Waals surface area contributed by atoms with Crippen molar-refractivity contribution in [3.8, 4) is 0 Å². The normalized spacial score (nSPS) is 16.8. The zero-order valence-electron chi connectivity index (χ0n) is 15.3. The van der Waals surface area contributed by atoms with Gasteiger partial charge in [0.2, 0.25) is 0 Å². The Morgan fingerprint density at radius 2 is 2.04 bits per heavy atom. The topological polar surface area (TPSA) is 95.8 Å². The Hall–Kier alpha value is -2.03. The van der Waals surface area contributed by atoms with Crippen molar-refractivity contribution in [3.05, 3.63) is 29.7 Å². The molecule has 0 aromatic carbocycles. The van der Waals surface area contributed by atoms with E-state index in [0.717, 1.165) is 52.4 Å². The third-order valence-corrected chi connectivity index (χ3v) is 6.92. The van der Waals surface area contributed by atoms with Crippen LogP contribution in [0.3, 0.4) is 0 Å². The van der Waals surface area contributed by atoms with Crippen molar-refractivity contribution in [2.75, 3.05) is 30.8 Å². The molecular weight excluding hydrogens is 382 g/mol. The van der Waals surface area contributed by atoms with E-state index < -0.39 is 0 Å². The average molecular weight is 404 g/mol. The molecule has 27 heavy (non-hydrogen) atoms. The smallest absolute Gasteiger partial charge is 0.154 e. The third kappa shape index (κ3) is 3.44. The first-order chi connectivity index (χ1) is 13.0. The summed E-state index contributed by atoms with van der Waals surface area (Å²) in [7, 11) is 2.03. The van der Waals surface area contributed by atoms with E-state index in [0.29, 0.717) is 10.8 Å². The molecule has 0 unspecified atom stereocenters. The maximum absolute atomic E-state index is 6.30. The number of hydrogen-bond acceptors (Lipinski definition) is 7. The fraction of sp³-hybridized carbons (Fsp3) is 0.389. The van der Waals surface area contributed by atoms with Crippen molar-refractivity contribution in [1.29, 1.82) is 0 Å². The van der Waals surface area contributed by atoms with Crippen LogP contribution in [0.4, 0.5) is 11.6 Å². The van der Waals surface area contributed by atoms with Gasteiger partial charge in [0, 0.05) is 46.2 Å². The lowest BCUT2D eigenvalue weighted by molar-refractivity contribution is 0.304. The number of halogens is 1. The van der Waals surface area contributed by atoms with Crippen molar-refractivity contribution in [1.82, 2.24) is 25.5 Å². The van der Waals surface area contributed by atoms with E-state index in [1.54, 1.807) is 6.20 Å². The van der Waals surface area contributed by atoms with Gasteiger partial charge in [0.1, 0.15) is 11.3 Å². The molecule has 4 heterocycles. The van der Waals surface area contributed by atoms with Crippen molar-refractivity contribution >= 4 is 45.9 Å². The van der Waals surface area contributed by atoms with Gasteiger partial charge in [0.25, 0.3) is 0 Å². The number of rotatable bonds is 4. The van der Waals surface area contributed by atoms with Gasteiger partial charge in [0.15, 0.2) is 5.82 Å². The van der Waals surface area contributed by atoms with Gasteiger partial charge in [-0.1, -0.05) is 23.4 Å². The molecule has 1 fully saturated rings. The minimum absolute atomic E-state index is 0.192. The number of fused-ring (bicyclic) bond motifs is 1. The van der Waals surface area contributed by atoms with Gasteiger partial charge < -0.3 is 16.0 Å². The fourth-order valence-corrected chi connectivity index (χ4v) is 4.48. The molecule has 1 aliphatic heterocycles. The summed E-state index contributed by atoms with van der Waals surface area (Å²) in [5.41, 5.74) is 6.96. The fourth-order valence-electron chi connectivity index (χ4n) is 3.32. The molecule has 7 nitrogen and oxygen atoms in total. The monoisotopic (exact) mass is 403 g/mol. The highest BCUT2D eigenvalue weighted by molar-refractivity contribution is 7.99. The standard InChI is InChI=1S/C18H22ClN7S/c1-18(21-2)4-7-26(8-5-18)17-15-11(9-24-25-15)13(10-23-17)27-12-3-6-22-16(20)14(12)19/h3,6,9-10,21H,4-5,7-8H2,1-2H3,(H2,20,22)(H,24,25). The second-order valence-corrected chi connectivity index (χ2v) is 8.47. The number of nitrogens with zero attached hydrogens (tertiary/aromatic N) is 4. The highest BCUT2D eigenvalue weighted by Crippen LogP contribution is 2.40. The highest BCUT2D eigenvalue weighted by Gasteiger charge is 2.30. The molecule has 4 rings (SSSR count). The van der Waals surface area contributed by atoms with Gasteiger partial charge in [-0.3, -0.25) is 5.10 Å². The Labute approximate surface area is 167 Å². The molecule has 1 saturated heterocycles. The quantitative estimate of drug-likeness (QED) is 0.614. The van der Waals surface area contributed by atoms with Crippen LogP contribution in [0, 0.1) is 0 Å². The summed E-state index contributed by atoms with van der Waals surface area (Å²) in [4.78, 5) is 12.9. The number of aromatic nitrogens is 4. The molecule has 1 aliphatic rings. The summed E-state index contributed by atoms with van der Waals surface area (Å²) in [5.74, 6) is 1.28. The van der Waals surface area contributed by atoms with Crippen LogP contribution in [0.15, 0.2) is 34.4 Å². The van der Waals surface area contributed by atoms with E-state index in [-0.39, 0.29) is 5.54 Å². The second kappa shape index (κ2) is 7.18. The molecule has 3 aromatic heterocycles. The Morgan fingerprint density at radius 3 is 2.78 bits per heavy atom. The van der Waals surface area contributed by atoms with Crippen LogP contribution in [0.5, 0.6) is 0 Å². The maximum atomic E-state index is 6.30. The van der Waals surface area contributed by atoms with E-state index in [4.69, 9.17) is 22.3 Å². The number of piperidine rings is 1. The lowest BCUT2D eigenvalue weighted by Gasteiger charge is -2.39. The van der Waals surface area contributed by atoms with Crippen LogP contribution in [-0.2, 0) is 0 Å². The van der Waals surface area contributed by atoms with Gasteiger partial charge in [-0.2, -0.15) is 5.10 Å². The van der Waals surface area contributed by atoms with Crippen molar-refractivity contribution < 1.29 is 0 Å². The average Bonchev–Trinajstić information content (AvgIpc) is 3.17. The largest absolute Gasteiger partial charge is 0.382 e. The maximum Gasteiger partial charge on any atom is 0.154 e. The van der Waals surface area contributed by atoms with Crippen molar-refractivity contribution in [3.63, 3.8) is 0 Å². The van der Waals surface area contributed by atoms with Gasteiger partial charge in [-0.15, -0.1) is 0 Å². The molecule has 3 aromatic rings. The molecule has 0 radical (unpaired) electrons. The Kier molecular flexibility index (Phi) is 4.88. The minimum atomic E-state index is 0.192. The number of H-pyrrole nitrogens is 1. The lowest BCUT2D eigenvalue weighted by Crippen LogP contribution is -2.50. The Bertz CT molecular complexity index is 965. The molecule has 0 amide bonds. The summed E-state index contributed by atoms with van der Waals surface area (Å²) in [6, 6.07) is 1.85. The number of nitrogens with one attached hydrogen (secondary N) is 2. The summed E-state index contributed by atoms with van der Waals surface area (Å²) in [6.07, 6.45) is 7.52. The first kappa shape index (κ1) is 18.3. The van der Waals surface area contributed by atoms with Crippen LogP contribution in [0.1, 0.15) is 19.8 Å². The van der Waals surface area contributed by atoms with E-state index in [1.165, 1.54) is 11.8 Å². The molecule has 4 N–H and O–H groups in total. The number of hydrogen-bond donors (Lipinski definition) is 3. The molecular formula is C18H22ClN7S. The first-order valence-electron chi connectivity index (χ1n) is 8.84. The number of nitrogens with two attached hydrogens (primary N) is 1. The van der Waals surface area contributed by atoms with Gasteiger partial charge in [-0.25, -0.2) is 9.97 Å². The van der Waals surface area contributed by atoms with Crippen LogP contribution >= 0.6 is 23.4 Å². The number of nitrogen functional groups attached to an aromatic ring is 1. The first-order valence-corrected chi connectivity index (χ1v) is 10.0. The molecule has 0 aliphatic carbocycles.